The van der Waals surface area contributed by atoms with E-state index in [0.717, 1.165) is 77.0 Å². The third kappa shape index (κ3) is 37.6. The van der Waals surface area contributed by atoms with Gasteiger partial charge in [-0.2, -0.15) is 0 Å². The first-order valence-corrected chi connectivity index (χ1v) is 22.1. The fourth-order valence-electron chi connectivity index (χ4n) is 4.89. The molecule has 0 aliphatic carbocycles. The predicted molar refractivity (Wildman–Crippen MR) is 226 cm³/mol. The first-order valence-electron chi connectivity index (χ1n) is 20.6. The lowest BCUT2D eigenvalue weighted by Gasteiger charge is -2.20. The lowest BCUT2D eigenvalue weighted by Crippen LogP contribution is -2.34. The first kappa shape index (κ1) is 52.7. The molecule has 0 saturated carbocycles. The molecule has 0 saturated heterocycles. The summed E-state index contributed by atoms with van der Waals surface area (Å²) >= 11 is 0. The van der Waals surface area contributed by atoms with Crippen molar-refractivity contribution in [1.29, 1.82) is 0 Å². The summed E-state index contributed by atoms with van der Waals surface area (Å²) in [6.45, 7) is 2.56. The number of nitrogens with two attached hydrogens (primary N) is 1. The Morgan fingerprint density at radius 3 is 1.55 bits per heavy atom. The van der Waals surface area contributed by atoms with Crippen LogP contribution in [0.5, 0.6) is 0 Å². The fraction of sp³-hybridized carbons (Fsp3) is 0.614. The molecule has 0 fully saturated rings. The van der Waals surface area contributed by atoms with Crippen LogP contribution in [0.1, 0.15) is 142 Å². The number of carboxylic acid groups (broad SMARTS) is 1. The number of phosphoric acid groups is 1. The van der Waals surface area contributed by atoms with Crippen LogP contribution in [-0.4, -0.2) is 59.9 Å². The van der Waals surface area contributed by atoms with E-state index in [1.807, 2.05) is 12.2 Å². The van der Waals surface area contributed by atoms with E-state index in [9.17, 15) is 23.8 Å². The number of allylic oxidation sites excluding steroid dienone is 14. The Bertz CT molecular complexity index is 1270. The number of aliphatic carboxylic acids is 1. The molecular formula is C44H72NO10P. The largest absolute Gasteiger partial charge is 0.480 e. The molecule has 1 unspecified atom stereocenters. The smallest absolute Gasteiger partial charge is 0.472 e. The van der Waals surface area contributed by atoms with Crippen LogP contribution in [0.2, 0.25) is 0 Å². The van der Waals surface area contributed by atoms with E-state index < -0.39 is 51.1 Å². The number of hydrogen-bond acceptors (Lipinski definition) is 9. The van der Waals surface area contributed by atoms with Crippen molar-refractivity contribution in [1.82, 2.24) is 0 Å². The van der Waals surface area contributed by atoms with E-state index in [0.29, 0.717) is 19.3 Å². The van der Waals surface area contributed by atoms with Crippen molar-refractivity contribution in [3.05, 3.63) is 85.1 Å². The van der Waals surface area contributed by atoms with Crippen LogP contribution in [0, 0.1) is 0 Å². The predicted octanol–water partition coefficient (Wildman–Crippen LogP) is 10.7. The Morgan fingerprint density at radius 1 is 0.571 bits per heavy atom. The molecule has 0 aromatic rings. The number of unbranched alkanes of at least 4 members (excludes halogenated alkanes) is 9. The minimum Gasteiger partial charge on any atom is -0.480 e. The summed E-state index contributed by atoms with van der Waals surface area (Å²) in [5, 5.41) is 8.88. The van der Waals surface area contributed by atoms with Gasteiger partial charge in [0, 0.05) is 12.8 Å². The number of phosphoric ester groups is 1. The summed E-state index contributed by atoms with van der Waals surface area (Å²) < 4.78 is 32.6. The first-order chi connectivity index (χ1) is 27.1. The average molecular weight is 806 g/mol. The van der Waals surface area contributed by atoms with Gasteiger partial charge in [-0.05, 0) is 83.5 Å². The Morgan fingerprint density at radius 2 is 1.02 bits per heavy atom. The van der Waals surface area contributed by atoms with Gasteiger partial charge in [-0.25, -0.2) is 4.57 Å². The van der Waals surface area contributed by atoms with E-state index in [1.165, 1.54) is 19.3 Å². The third-order valence-corrected chi connectivity index (χ3v) is 9.08. The van der Waals surface area contributed by atoms with Crippen LogP contribution >= 0.6 is 7.82 Å². The molecule has 0 aliphatic rings. The van der Waals surface area contributed by atoms with Gasteiger partial charge in [0.05, 0.1) is 13.2 Å². The molecule has 0 spiro atoms. The molecule has 0 aliphatic heterocycles. The number of esters is 2. The maximum atomic E-state index is 12.6. The van der Waals surface area contributed by atoms with Gasteiger partial charge in [0.15, 0.2) is 6.10 Å². The van der Waals surface area contributed by atoms with Crippen molar-refractivity contribution >= 4 is 25.7 Å². The zero-order valence-corrected chi connectivity index (χ0v) is 35.1. The SMILES string of the molecule is CC/C=C\C/C=C\C/C=C\C/C=C\C/C=C\CCCC(=O)OC[C@H](COP(=O)(O)OC[C@H](N)C(=O)O)OC(=O)CCCCCCC/C=C\C/C=C\CCCCC. The lowest BCUT2D eigenvalue weighted by atomic mass is 10.1. The van der Waals surface area contributed by atoms with Crippen molar-refractivity contribution in [2.45, 2.75) is 154 Å². The summed E-state index contributed by atoms with van der Waals surface area (Å²) in [5.74, 6) is -2.48. The van der Waals surface area contributed by atoms with Gasteiger partial charge in [-0.1, -0.05) is 131 Å². The number of rotatable bonds is 37. The van der Waals surface area contributed by atoms with Gasteiger partial charge < -0.3 is 25.2 Å². The monoisotopic (exact) mass is 805 g/mol. The van der Waals surface area contributed by atoms with E-state index in [1.54, 1.807) is 0 Å². The van der Waals surface area contributed by atoms with Crippen molar-refractivity contribution in [3.63, 3.8) is 0 Å². The maximum Gasteiger partial charge on any atom is 0.472 e. The number of carbonyl (C=O) groups excluding carboxylic acids is 2. The van der Waals surface area contributed by atoms with Crippen LogP contribution in [0.3, 0.4) is 0 Å². The second-order valence-corrected chi connectivity index (χ2v) is 14.8. The highest BCUT2D eigenvalue weighted by molar-refractivity contribution is 7.47. The second-order valence-electron chi connectivity index (χ2n) is 13.4. The topological polar surface area (TPSA) is 172 Å². The quantitative estimate of drug-likeness (QED) is 0.0236. The zero-order chi connectivity index (χ0) is 41.4. The average Bonchev–Trinajstić information content (AvgIpc) is 3.17. The minimum absolute atomic E-state index is 0.128. The highest BCUT2D eigenvalue weighted by atomic mass is 31.2. The lowest BCUT2D eigenvalue weighted by molar-refractivity contribution is -0.161. The maximum absolute atomic E-state index is 12.6. The minimum atomic E-state index is -4.74. The molecule has 0 aromatic carbocycles. The molecule has 12 heteroatoms. The number of hydrogen-bond donors (Lipinski definition) is 3. The Hall–Kier alpha value is -3.34. The molecule has 0 radical (unpaired) electrons. The van der Waals surface area contributed by atoms with Crippen molar-refractivity contribution in [3.8, 4) is 0 Å². The van der Waals surface area contributed by atoms with Crippen LogP contribution in [0.25, 0.3) is 0 Å². The summed E-state index contributed by atoms with van der Waals surface area (Å²) in [5.41, 5.74) is 5.32. The van der Waals surface area contributed by atoms with Crippen molar-refractivity contribution < 1.29 is 47.5 Å². The fourth-order valence-corrected chi connectivity index (χ4v) is 5.67. The van der Waals surface area contributed by atoms with Crippen LogP contribution < -0.4 is 5.73 Å². The van der Waals surface area contributed by atoms with Gasteiger partial charge in [0.25, 0.3) is 0 Å². The molecule has 4 N–H and O–H groups in total. The van der Waals surface area contributed by atoms with E-state index in [2.05, 4.69) is 91.3 Å². The van der Waals surface area contributed by atoms with Crippen LogP contribution in [0.4, 0.5) is 0 Å². The standard InChI is InChI=1S/C44H72NO10P/c1-3-5-7-9-11-13-15-17-19-20-22-23-25-27-29-31-33-35-42(46)52-37-40(38-53-56(50,51)54-39-41(45)44(48)49)55-43(47)36-34-32-30-28-26-24-21-18-16-14-12-10-8-6-4-2/h5,7,11-14,17-19,21-23,27,29,40-41H,3-4,6,8-10,15-16,20,24-26,28,30-39,45H2,1-2H3,(H,48,49)(H,50,51)/b7-5-,13-11-,14-12-,19-17-,21-18-,23-22-,29-27-/t40-,41+/m1/s1. The van der Waals surface area contributed by atoms with E-state index in [4.69, 9.17) is 24.8 Å². The van der Waals surface area contributed by atoms with Gasteiger partial charge in [-0.3, -0.25) is 23.4 Å². The number of carbonyl (C=O) groups is 3. The Labute approximate surface area is 337 Å². The van der Waals surface area contributed by atoms with Crippen molar-refractivity contribution in [2.75, 3.05) is 19.8 Å². The highest BCUT2D eigenvalue weighted by Gasteiger charge is 2.28. The normalized spacial score (nSPS) is 14.6. The summed E-state index contributed by atoms with van der Waals surface area (Å²) in [6, 6.07) is -1.54. The second kappa shape index (κ2) is 38.5. The van der Waals surface area contributed by atoms with Crippen LogP contribution in [0.15, 0.2) is 85.1 Å². The highest BCUT2D eigenvalue weighted by Crippen LogP contribution is 2.43. The van der Waals surface area contributed by atoms with E-state index >= 15 is 0 Å². The van der Waals surface area contributed by atoms with Gasteiger partial charge in [0.2, 0.25) is 0 Å². The molecule has 0 amide bonds. The Balaban J connectivity index is 4.54. The molecule has 11 nitrogen and oxygen atoms in total. The molecule has 56 heavy (non-hydrogen) atoms. The molecule has 3 atom stereocenters. The molecular weight excluding hydrogens is 733 g/mol. The molecule has 0 rings (SSSR count). The molecule has 0 bridgehead atoms. The summed E-state index contributed by atoms with van der Waals surface area (Å²) in [6.07, 6.45) is 46.5. The van der Waals surface area contributed by atoms with Crippen molar-refractivity contribution in [2.24, 2.45) is 5.73 Å². The zero-order valence-electron chi connectivity index (χ0n) is 34.2. The summed E-state index contributed by atoms with van der Waals surface area (Å²) in [7, 11) is -4.74. The number of ether oxygens (including phenoxy) is 2. The summed E-state index contributed by atoms with van der Waals surface area (Å²) in [4.78, 5) is 45.9. The van der Waals surface area contributed by atoms with Gasteiger partial charge in [0.1, 0.15) is 12.6 Å². The van der Waals surface area contributed by atoms with Gasteiger partial charge in [-0.15, -0.1) is 0 Å². The molecule has 0 aromatic heterocycles. The van der Waals surface area contributed by atoms with Gasteiger partial charge >= 0.3 is 25.7 Å². The Kier molecular flexibility index (Phi) is 36.2. The number of carboxylic acids is 1. The molecule has 0 heterocycles. The third-order valence-electron chi connectivity index (χ3n) is 8.13. The van der Waals surface area contributed by atoms with Crippen LogP contribution in [-0.2, 0) is 37.5 Å². The molecule has 318 valence electrons. The van der Waals surface area contributed by atoms with E-state index in [-0.39, 0.29) is 19.4 Å².